The van der Waals surface area contributed by atoms with E-state index < -0.39 is 0 Å². The lowest BCUT2D eigenvalue weighted by Crippen LogP contribution is -2.37. The first-order chi connectivity index (χ1) is 9.26. The minimum Gasteiger partial charge on any atom is -0.339 e. The Kier molecular flexibility index (Phi) is 3.29. The molecule has 1 aliphatic rings. The van der Waals surface area contributed by atoms with Gasteiger partial charge in [0.25, 0.3) is 0 Å². The van der Waals surface area contributed by atoms with Crippen LogP contribution >= 0.6 is 0 Å². The molecule has 1 aliphatic heterocycles. The first kappa shape index (κ1) is 12.3. The molecular weight excluding hydrogens is 240 g/mol. The Morgan fingerprint density at radius 2 is 2.16 bits per heavy atom. The van der Waals surface area contributed by atoms with Gasteiger partial charge in [-0.05, 0) is 38.1 Å². The van der Waals surface area contributed by atoms with E-state index in [1.54, 1.807) is 6.20 Å². The van der Waals surface area contributed by atoms with Crippen molar-refractivity contribution in [2.75, 3.05) is 13.1 Å². The van der Waals surface area contributed by atoms with Gasteiger partial charge in [-0.2, -0.15) is 4.98 Å². The van der Waals surface area contributed by atoms with E-state index in [-0.39, 0.29) is 5.41 Å². The molecule has 1 saturated heterocycles. The summed E-state index contributed by atoms with van der Waals surface area (Å²) in [5.74, 6) is 1.48. The van der Waals surface area contributed by atoms with Crippen LogP contribution in [0.5, 0.6) is 0 Å². The van der Waals surface area contributed by atoms with Crippen LogP contribution in [0, 0.1) is 0 Å². The molecule has 100 valence electrons. The maximum absolute atomic E-state index is 5.46. The fourth-order valence-corrected chi connectivity index (χ4v) is 2.43. The Labute approximate surface area is 112 Å². The van der Waals surface area contributed by atoms with Gasteiger partial charge in [0.2, 0.25) is 5.89 Å². The van der Waals surface area contributed by atoms with Gasteiger partial charge in [-0.1, -0.05) is 18.1 Å². The van der Waals surface area contributed by atoms with E-state index in [0.717, 1.165) is 37.5 Å². The maximum Gasteiger partial charge on any atom is 0.232 e. The van der Waals surface area contributed by atoms with Crippen molar-refractivity contribution in [1.82, 2.24) is 20.4 Å². The summed E-state index contributed by atoms with van der Waals surface area (Å²) in [7, 11) is 0. The molecule has 0 radical (unpaired) electrons. The number of rotatable bonds is 3. The highest BCUT2D eigenvalue weighted by Gasteiger charge is 2.34. The first-order valence-electron chi connectivity index (χ1n) is 6.70. The third kappa shape index (κ3) is 2.66. The van der Waals surface area contributed by atoms with Crippen LogP contribution in [0.4, 0.5) is 0 Å². The fraction of sp³-hybridized carbons (Fsp3) is 0.500. The summed E-state index contributed by atoms with van der Waals surface area (Å²) < 4.78 is 5.46. The van der Waals surface area contributed by atoms with Crippen molar-refractivity contribution in [1.29, 1.82) is 0 Å². The lowest BCUT2D eigenvalue weighted by molar-refractivity contribution is 0.240. The molecule has 1 N–H and O–H groups in total. The fourth-order valence-electron chi connectivity index (χ4n) is 2.43. The second-order valence-corrected chi connectivity index (χ2v) is 5.32. The minimum atomic E-state index is 0.0145. The molecule has 3 rings (SSSR count). The molecule has 0 saturated carbocycles. The number of hydrogen-bond donors (Lipinski definition) is 1. The molecular formula is C14H18N4O. The van der Waals surface area contributed by atoms with Crippen LogP contribution < -0.4 is 5.32 Å². The monoisotopic (exact) mass is 258 g/mol. The van der Waals surface area contributed by atoms with E-state index in [1.807, 2.05) is 18.2 Å². The number of nitrogens with zero attached hydrogens (tertiary/aromatic N) is 3. The summed E-state index contributed by atoms with van der Waals surface area (Å²) in [5, 5.41) is 7.44. The van der Waals surface area contributed by atoms with Crippen LogP contribution in [-0.4, -0.2) is 28.2 Å². The molecule has 2 aromatic heterocycles. The van der Waals surface area contributed by atoms with Gasteiger partial charge >= 0.3 is 0 Å². The second-order valence-electron chi connectivity index (χ2n) is 5.32. The van der Waals surface area contributed by atoms with Gasteiger partial charge < -0.3 is 9.84 Å². The van der Waals surface area contributed by atoms with Gasteiger partial charge in [0.05, 0.1) is 6.42 Å². The molecule has 0 spiro atoms. The number of pyridine rings is 1. The topological polar surface area (TPSA) is 63.8 Å². The summed E-state index contributed by atoms with van der Waals surface area (Å²) in [5.41, 5.74) is 0.978. The van der Waals surface area contributed by atoms with Crippen LogP contribution in [0.25, 0.3) is 0 Å². The summed E-state index contributed by atoms with van der Waals surface area (Å²) >= 11 is 0. The third-order valence-electron chi connectivity index (χ3n) is 3.76. The van der Waals surface area contributed by atoms with E-state index in [0.29, 0.717) is 12.2 Å². The molecule has 5 nitrogen and oxygen atoms in total. The van der Waals surface area contributed by atoms with Crippen LogP contribution in [0.15, 0.2) is 28.9 Å². The smallest absolute Gasteiger partial charge is 0.232 e. The average molecular weight is 258 g/mol. The van der Waals surface area contributed by atoms with Crippen LogP contribution in [0.3, 0.4) is 0 Å². The Morgan fingerprint density at radius 3 is 2.89 bits per heavy atom. The maximum atomic E-state index is 5.46. The van der Waals surface area contributed by atoms with Crippen molar-refractivity contribution < 1.29 is 4.52 Å². The molecule has 3 heterocycles. The molecule has 0 aromatic carbocycles. The summed E-state index contributed by atoms with van der Waals surface area (Å²) in [6.45, 7) is 4.22. The predicted molar refractivity (Wildman–Crippen MR) is 70.8 cm³/mol. The highest BCUT2D eigenvalue weighted by atomic mass is 16.5. The molecule has 0 unspecified atom stereocenters. The second kappa shape index (κ2) is 5.09. The van der Waals surface area contributed by atoms with Gasteiger partial charge in [-0.25, -0.2) is 0 Å². The zero-order valence-electron chi connectivity index (χ0n) is 11.1. The highest BCUT2D eigenvalue weighted by molar-refractivity contribution is 5.11. The van der Waals surface area contributed by atoms with E-state index in [4.69, 9.17) is 4.52 Å². The van der Waals surface area contributed by atoms with Gasteiger partial charge in [0, 0.05) is 17.3 Å². The minimum absolute atomic E-state index is 0.0145. The third-order valence-corrected chi connectivity index (χ3v) is 3.76. The molecule has 0 amide bonds. The Bertz CT molecular complexity index is 531. The van der Waals surface area contributed by atoms with Crippen molar-refractivity contribution in [3.8, 4) is 0 Å². The lowest BCUT2D eigenvalue weighted by atomic mass is 9.81. The quantitative estimate of drug-likeness (QED) is 0.907. The van der Waals surface area contributed by atoms with Crippen LogP contribution in [0.1, 0.15) is 37.2 Å². The van der Waals surface area contributed by atoms with E-state index in [1.165, 1.54) is 0 Å². The number of nitrogens with one attached hydrogen (secondary N) is 1. The van der Waals surface area contributed by atoms with Gasteiger partial charge in [0.1, 0.15) is 0 Å². The standard InChI is InChI=1S/C14H18N4O/c1-14(5-8-15-9-6-14)13-17-12(18-19-13)10-11-4-2-3-7-16-11/h2-4,7,15H,5-6,8-10H2,1H3. The zero-order chi connectivity index (χ0) is 13.1. The Balaban J connectivity index is 1.76. The predicted octanol–water partition coefficient (Wildman–Crippen LogP) is 1.70. The normalized spacial score (nSPS) is 18.4. The Hall–Kier alpha value is -1.75. The zero-order valence-corrected chi connectivity index (χ0v) is 11.1. The van der Waals surface area contributed by atoms with Crippen LogP contribution in [-0.2, 0) is 11.8 Å². The molecule has 2 aromatic rings. The first-order valence-corrected chi connectivity index (χ1v) is 6.70. The van der Waals surface area contributed by atoms with Crippen molar-refractivity contribution in [3.63, 3.8) is 0 Å². The van der Waals surface area contributed by atoms with E-state index in [2.05, 4.69) is 27.4 Å². The average Bonchev–Trinajstić information content (AvgIpc) is 2.90. The van der Waals surface area contributed by atoms with Gasteiger partial charge in [-0.15, -0.1) is 0 Å². The molecule has 0 atom stereocenters. The number of hydrogen-bond acceptors (Lipinski definition) is 5. The SMILES string of the molecule is CC1(c2nc(Cc3ccccn3)no2)CCNCC1. The number of aromatic nitrogens is 3. The molecule has 0 bridgehead atoms. The van der Waals surface area contributed by atoms with Gasteiger partial charge in [0.15, 0.2) is 5.82 Å². The van der Waals surface area contributed by atoms with Gasteiger partial charge in [-0.3, -0.25) is 4.98 Å². The molecule has 0 aliphatic carbocycles. The highest BCUT2D eigenvalue weighted by Crippen LogP contribution is 2.31. The van der Waals surface area contributed by atoms with Crippen molar-refractivity contribution >= 4 is 0 Å². The van der Waals surface area contributed by atoms with Crippen molar-refractivity contribution in [2.24, 2.45) is 0 Å². The summed E-state index contributed by atoms with van der Waals surface area (Å²) in [6.07, 6.45) is 4.49. The summed E-state index contributed by atoms with van der Waals surface area (Å²) in [6, 6.07) is 5.85. The number of piperidine rings is 1. The molecule has 5 heteroatoms. The van der Waals surface area contributed by atoms with Crippen molar-refractivity contribution in [2.45, 2.75) is 31.6 Å². The van der Waals surface area contributed by atoms with Crippen molar-refractivity contribution in [3.05, 3.63) is 41.8 Å². The molecule has 19 heavy (non-hydrogen) atoms. The lowest BCUT2D eigenvalue weighted by Gasteiger charge is -2.30. The Morgan fingerprint density at radius 1 is 1.32 bits per heavy atom. The molecule has 1 fully saturated rings. The largest absolute Gasteiger partial charge is 0.339 e. The summed E-state index contributed by atoms with van der Waals surface area (Å²) in [4.78, 5) is 8.84. The van der Waals surface area contributed by atoms with E-state index in [9.17, 15) is 0 Å². The van der Waals surface area contributed by atoms with E-state index >= 15 is 0 Å². The van der Waals surface area contributed by atoms with Crippen LogP contribution in [0.2, 0.25) is 0 Å².